The van der Waals surface area contributed by atoms with Crippen LogP contribution in [0.15, 0.2) is 18.3 Å². The molecule has 0 N–H and O–H groups in total. The lowest BCUT2D eigenvalue weighted by molar-refractivity contribution is 0.169. The summed E-state index contributed by atoms with van der Waals surface area (Å²) in [4.78, 5) is 4.54. The summed E-state index contributed by atoms with van der Waals surface area (Å²) in [7, 11) is 0. The Labute approximate surface area is 112 Å². The minimum Gasteiger partial charge on any atom is -0.261 e. The zero-order chi connectivity index (χ0) is 13.2. The molecule has 0 saturated heterocycles. The minimum atomic E-state index is 0.481. The van der Waals surface area contributed by atoms with Crippen LogP contribution in [0.2, 0.25) is 0 Å². The number of aromatic nitrogens is 1. The molecule has 1 heteroatoms. The lowest BCUT2D eigenvalue weighted by Crippen LogP contribution is -2.25. The molecule has 1 saturated carbocycles. The van der Waals surface area contributed by atoms with Crippen LogP contribution in [0.1, 0.15) is 70.6 Å². The molecule has 0 unspecified atom stereocenters. The molecule has 0 bridgehead atoms. The van der Waals surface area contributed by atoms with E-state index in [0.29, 0.717) is 5.41 Å². The Morgan fingerprint density at radius 3 is 2.22 bits per heavy atom. The van der Waals surface area contributed by atoms with E-state index in [1.54, 1.807) is 0 Å². The molecule has 2 rings (SSSR count). The van der Waals surface area contributed by atoms with Gasteiger partial charge in [0.2, 0.25) is 0 Å². The number of hydrogen-bond acceptors (Lipinski definition) is 1. The first kappa shape index (κ1) is 13.6. The molecule has 0 aromatic carbocycles. The largest absolute Gasteiger partial charge is 0.261 e. The maximum Gasteiger partial charge on any atom is 0.0401 e. The molecule has 1 aromatic rings. The van der Waals surface area contributed by atoms with Crippen LogP contribution >= 0.6 is 0 Å². The number of hydrogen-bond donors (Lipinski definition) is 0. The monoisotopic (exact) mass is 245 g/mol. The molecule has 1 nitrogen and oxygen atoms in total. The third-order valence-corrected chi connectivity index (χ3v) is 4.63. The molecule has 0 aliphatic heterocycles. The zero-order valence-corrected chi connectivity index (χ0v) is 12.4. The molecule has 1 aromatic heterocycles. The van der Waals surface area contributed by atoms with Crippen LogP contribution in [0.4, 0.5) is 0 Å². The highest BCUT2D eigenvalue weighted by molar-refractivity contribution is 5.19. The highest BCUT2D eigenvalue weighted by Gasteiger charge is 2.30. The van der Waals surface area contributed by atoms with Gasteiger partial charge in [0.1, 0.15) is 0 Å². The molecule has 1 fully saturated rings. The van der Waals surface area contributed by atoms with Crippen molar-refractivity contribution in [1.29, 1.82) is 0 Å². The van der Waals surface area contributed by atoms with Crippen molar-refractivity contribution in [2.75, 3.05) is 0 Å². The summed E-state index contributed by atoms with van der Waals surface area (Å²) < 4.78 is 0. The van der Waals surface area contributed by atoms with E-state index in [-0.39, 0.29) is 0 Å². The van der Waals surface area contributed by atoms with Crippen molar-refractivity contribution < 1.29 is 0 Å². The zero-order valence-electron chi connectivity index (χ0n) is 12.4. The topological polar surface area (TPSA) is 12.9 Å². The molecular formula is C17H27N. The first-order valence-corrected chi connectivity index (χ1v) is 7.45. The summed E-state index contributed by atoms with van der Waals surface area (Å²) in [5.41, 5.74) is 3.15. The van der Waals surface area contributed by atoms with Crippen LogP contribution in [0.5, 0.6) is 0 Å². The van der Waals surface area contributed by atoms with E-state index in [9.17, 15) is 0 Å². The van der Waals surface area contributed by atoms with Gasteiger partial charge in [0.25, 0.3) is 0 Å². The Balaban J connectivity index is 1.96. The average Bonchev–Trinajstić information content (AvgIpc) is 2.38. The fourth-order valence-electron chi connectivity index (χ4n) is 3.18. The van der Waals surface area contributed by atoms with Crippen molar-refractivity contribution in [2.24, 2.45) is 11.3 Å². The van der Waals surface area contributed by atoms with E-state index in [2.05, 4.69) is 51.0 Å². The summed E-state index contributed by atoms with van der Waals surface area (Å²) in [5.74, 6) is 1.65. The van der Waals surface area contributed by atoms with Crippen molar-refractivity contribution in [3.8, 4) is 0 Å². The van der Waals surface area contributed by atoms with Gasteiger partial charge in [0, 0.05) is 11.9 Å². The van der Waals surface area contributed by atoms with Crippen LogP contribution < -0.4 is 0 Å². The first-order valence-electron chi connectivity index (χ1n) is 7.45. The molecule has 1 heterocycles. The van der Waals surface area contributed by atoms with Gasteiger partial charge in [-0.2, -0.15) is 0 Å². The van der Waals surface area contributed by atoms with E-state index in [1.165, 1.54) is 36.9 Å². The molecule has 1 aliphatic carbocycles. The first-order chi connectivity index (χ1) is 8.50. The van der Waals surface area contributed by atoms with Gasteiger partial charge >= 0.3 is 0 Å². The number of rotatable bonds is 2. The van der Waals surface area contributed by atoms with E-state index >= 15 is 0 Å². The molecule has 0 atom stereocenters. The summed E-state index contributed by atoms with van der Waals surface area (Å²) in [6, 6.07) is 4.50. The number of pyridine rings is 1. The van der Waals surface area contributed by atoms with Crippen LogP contribution in [0, 0.1) is 11.3 Å². The maximum absolute atomic E-state index is 4.54. The summed E-state index contributed by atoms with van der Waals surface area (Å²) in [6.07, 6.45) is 8.59. The van der Waals surface area contributed by atoms with Gasteiger partial charge in [-0.3, -0.25) is 4.98 Å². The van der Waals surface area contributed by atoms with Crippen LogP contribution in [0.25, 0.3) is 0 Å². The predicted molar refractivity (Wildman–Crippen MR) is 77.8 cm³/mol. The van der Waals surface area contributed by atoms with Gasteiger partial charge in [0.05, 0.1) is 0 Å². The molecule has 100 valence electrons. The fourth-order valence-corrected chi connectivity index (χ4v) is 3.18. The molecule has 18 heavy (non-hydrogen) atoms. The second kappa shape index (κ2) is 5.42. The Kier molecular flexibility index (Phi) is 4.09. The number of aryl methyl sites for hydroxylation is 1. The Bertz CT molecular complexity index is 364. The Morgan fingerprint density at radius 1 is 1.11 bits per heavy atom. The molecule has 0 amide bonds. The molecule has 1 aliphatic rings. The third kappa shape index (κ3) is 3.13. The van der Waals surface area contributed by atoms with Crippen LogP contribution in [0.3, 0.4) is 0 Å². The van der Waals surface area contributed by atoms with Crippen molar-refractivity contribution in [3.63, 3.8) is 0 Å². The average molecular weight is 245 g/mol. The Morgan fingerprint density at radius 2 is 1.78 bits per heavy atom. The van der Waals surface area contributed by atoms with Crippen molar-refractivity contribution in [1.82, 2.24) is 4.98 Å². The van der Waals surface area contributed by atoms with Crippen molar-refractivity contribution in [2.45, 2.75) is 65.7 Å². The van der Waals surface area contributed by atoms with Gasteiger partial charge in [-0.1, -0.05) is 33.8 Å². The Hall–Kier alpha value is -0.850. The highest BCUT2D eigenvalue weighted by atomic mass is 14.7. The summed E-state index contributed by atoms with van der Waals surface area (Å²) >= 11 is 0. The van der Waals surface area contributed by atoms with Gasteiger partial charge < -0.3 is 0 Å². The van der Waals surface area contributed by atoms with Gasteiger partial charge in [-0.05, 0) is 61.0 Å². The minimum absolute atomic E-state index is 0.481. The van der Waals surface area contributed by atoms with Gasteiger partial charge in [0.15, 0.2) is 0 Å². The van der Waals surface area contributed by atoms with Crippen LogP contribution in [-0.4, -0.2) is 4.98 Å². The molecule has 0 radical (unpaired) electrons. The maximum atomic E-state index is 4.54. The van der Waals surface area contributed by atoms with E-state index < -0.39 is 0 Å². The lowest BCUT2D eigenvalue weighted by Gasteiger charge is -2.37. The van der Waals surface area contributed by atoms with E-state index in [0.717, 1.165) is 18.3 Å². The smallest absolute Gasteiger partial charge is 0.0401 e. The quantitative estimate of drug-likeness (QED) is 0.717. The van der Waals surface area contributed by atoms with Crippen molar-refractivity contribution >= 4 is 0 Å². The standard InChI is InChI=1S/C17H27N/c1-5-16-11-8-14(12-18-16)13-6-9-15(10-7-13)17(2,3)4/h8,11-13,15H,5-7,9-10H2,1-4H3. The second-order valence-electron chi connectivity index (χ2n) is 6.85. The normalized spacial score (nSPS) is 25.1. The molecular weight excluding hydrogens is 218 g/mol. The lowest BCUT2D eigenvalue weighted by atomic mass is 9.69. The van der Waals surface area contributed by atoms with E-state index in [1.807, 2.05) is 0 Å². The van der Waals surface area contributed by atoms with E-state index in [4.69, 9.17) is 0 Å². The van der Waals surface area contributed by atoms with Gasteiger partial charge in [-0.25, -0.2) is 0 Å². The predicted octanol–water partition coefficient (Wildman–Crippen LogP) is 4.96. The third-order valence-electron chi connectivity index (χ3n) is 4.63. The fraction of sp³-hybridized carbons (Fsp3) is 0.706. The highest BCUT2D eigenvalue weighted by Crippen LogP contribution is 2.42. The second-order valence-corrected chi connectivity index (χ2v) is 6.85. The van der Waals surface area contributed by atoms with Crippen LogP contribution in [-0.2, 0) is 6.42 Å². The summed E-state index contributed by atoms with van der Waals surface area (Å²) in [5, 5.41) is 0. The SMILES string of the molecule is CCc1ccc(C2CCC(C(C)(C)C)CC2)cn1. The number of nitrogens with zero attached hydrogens (tertiary/aromatic N) is 1. The van der Waals surface area contributed by atoms with Crippen molar-refractivity contribution in [3.05, 3.63) is 29.6 Å². The molecule has 0 spiro atoms. The summed E-state index contributed by atoms with van der Waals surface area (Å²) in [6.45, 7) is 9.32. The van der Waals surface area contributed by atoms with Gasteiger partial charge in [-0.15, -0.1) is 0 Å².